The van der Waals surface area contributed by atoms with Gasteiger partial charge in [-0.15, -0.1) is 0 Å². The molecular weight excluding hydrogens is 350 g/mol. The van der Waals surface area contributed by atoms with E-state index in [1.807, 2.05) is 18.2 Å². The molecule has 3 rings (SSSR count). The Kier molecular flexibility index (Phi) is 4.75. The first-order valence-corrected chi connectivity index (χ1v) is 8.86. The Morgan fingerprint density at radius 3 is 2.76 bits per heavy atom. The number of rotatable bonds is 3. The van der Waals surface area contributed by atoms with E-state index in [1.165, 1.54) is 38.5 Å². The van der Waals surface area contributed by atoms with E-state index >= 15 is 0 Å². The van der Waals surface area contributed by atoms with Crippen molar-refractivity contribution < 1.29 is 0 Å². The normalized spacial score (nSPS) is 23.4. The van der Waals surface area contributed by atoms with Crippen molar-refractivity contribution in [1.29, 1.82) is 0 Å². The lowest BCUT2D eigenvalue weighted by Gasteiger charge is -2.31. The van der Waals surface area contributed by atoms with Gasteiger partial charge in [-0.1, -0.05) is 43.7 Å². The van der Waals surface area contributed by atoms with Gasteiger partial charge < -0.3 is 10.6 Å². The minimum Gasteiger partial charge on any atom is -0.370 e. The van der Waals surface area contributed by atoms with Gasteiger partial charge >= 0.3 is 0 Å². The number of guanidine groups is 1. The van der Waals surface area contributed by atoms with Gasteiger partial charge in [0.15, 0.2) is 5.96 Å². The quantitative estimate of drug-likeness (QED) is 0.846. The molecule has 114 valence electrons. The summed E-state index contributed by atoms with van der Waals surface area (Å²) in [5.41, 5.74) is 7.20. The van der Waals surface area contributed by atoms with E-state index in [1.54, 1.807) is 0 Å². The van der Waals surface area contributed by atoms with Crippen molar-refractivity contribution in [2.45, 2.75) is 44.6 Å². The minimum absolute atomic E-state index is 0.390. The Bertz CT molecular complexity index is 540. The molecule has 0 radical (unpaired) electrons. The van der Waals surface area contributed by atoms with E-state index < -0.39 is 0 Å². The monoisotopic (exact) mass is 369 g/mol. The summed E-state index contributed by atoms with van der Waals surface area (Å²) in [6.45, 7) is 0.808. The highest BCUT2D eigenvalue weighted by Crippen LogP contribution is 2.34. The molecule has 1 aliphatic carbocycles. The highest BCUT2D eigenvalue weighted by Gasteiger charge is 2.30. The van der Waals surface area contributed by atoms with E-state index in [-0.39, 0.29) is 0 Å². The molecule has 5 heteroatoms. The third kappa shape index (κ3) is 3.37. The van der Waals surface area contributed by atoms with Crippen LogP contribution in [-0.4, -0.2) is 18.5 Å². The number of hydrogen-bond acceptors (Lipinski definition) is 3. The fraction of sp³-hybridized carbons (Fsp3) is 0.562. The summed E-state index contributed by atoms with van der Waals surface area (Å²) in [6.07, 6.45) is 8.04. The predicted molar refractivity (Wildman–Crippen MR) is 93.1 cm³/mol. The molecule has 1 heterocycles. The molecule has 0 saturated heterocycles. The molecule has 0 spiro atoms. The van der Waals surface area contributed by atoms with Crippen molar-refractivity contribution in [2.75, 3.05) is 11.4 Å². The highest BCUT2D eigenvalue weighted by molar-refractivity contribution is 9.10. The first-order valence-electron chi connectivity index (χ1n) is 7.69. The van der Waals surface area contributed by atoms with Gasteiger partial charge in [0.1, 0.15) is 0 Å². The summed E-state index contributed by atoms with van der Waals surface area (Å²) in [5, 5.41) is 0.720. The molecule has 1 unspecified atom stereocenters. The fourth-order valence-corrected chi connectivity index (χ4v) is 3.99. The first kappa shape index (κ1) is 15.2. The van der Waals surface area contributed by atoms with Crippen LogP contribution in [-0.2, 0) is 0 Å². The van der Waals surface area contributed by atoms with Gasteiger partial charge in [0.05, 0.1) is 17.6 Å². The maximum atomic E-state index is 6.12. The lowest BCUT2D eigenvalue weighted by molar-refractivity contribution is 0.322. The van der Waals surface area contributed by atoms with Crippen molar-refractivity contribution in [2.24, 2.45) is 16.6 Å². The van der Waals surface area contributed by atoms with Crippen LogP contribution in [0.1, 0.15) is 38.5 Å². The molecule has 0 bridgehead atoms. The molecule has 0 aromatic heterocycles. The lowest BCUT2D eigenvalue weighted by atomic mass is 9.84. The Balaban J connectivity index is 1.76. The molecule has 1 aromatic rings. The Morgan fingerprint density at radius 1 is 1.29 bits per heavy atom. The van der Waals surface area contributed by atoms with Gasteiger partial charge in [0, 0.05) is 10.2 Å². The zero-order chi connectivity index (χ0) is 14.8. The van der Waals surface area contributed by atoms with Crippen LogP contribution in [0, 0.1) is 5.92 Å². The lowest BCUT2D eigenvalue weighted by Crippen LogP contribution is -2.42. The van der Waals surface area contributed by atoms with Crippen LogP contribution in [0.4, 0.5) is 5.69 Å². The number of nitrogens with two attached hydrogens (primary N) is 1. The third-order valence-corrected chi connectivity index (χ3v) is 5.80. The second kappa shape index (κ2) is 6.57. The van der Waals surface area contributed by atoms with E-state index in [2.05, 4.69) is 25.8 Å². The summed E-state index contributed by atoms with van der Waals surface area (Å²) in [4.78, 5) is 6.64. The molecule has 21 heavy (non-hydrogen) atoms. The van der Waals surface area contributed by atoms with Crippen LogP contribution in [0.3, 0.4) is 0 Å². The summed E-state index contributed by atoms with van der Waals surface area (Å²) in [5.74, 6) is 1.45. The van der Waals surface area contributed by atoms with E-state index in [9.17, 15) is 0 Å². The van der Waals surface area contributed by atoms with Crippen molar-refractivity contribution >= 4 is 39.2 Å². The smallest absolute Gasteiger partial charge is 0.196 e. The summed E-state index contributed by atoms with van der Waals surface area (Å²) in [6, 6.07) is 6.35. The standard InChI is InChI=1S/C16H21BrClN3/c17-14-9-12(6-7-15(14)18)21-13(10-20-16(21)19)8-11-4-2-1-3-5-11/h6-7,9,11,13H,1-5,8,10H2,(H2,19,20). The first-order chi connectivity index (χ1) is 10.1. The van der Waals surface area contributed by atoms with Gasteiger partial charge in [-0.2, -0.15) is 0 Å². The zero-order valence-electron chi connectivity index (χ0n) is 12.1. The van der Waals surface area contributed by atoms with Gasteiger partial charge in [-0.25, -0.2) is 0 Å². The number of aliphatic imine (C=N–C) groups is 1. The summed E-state index contributed by atoms with van der Waals surface area (Å²) >= 11 is 9.58. The largest absolute Gasteiger partial charge is 0.370 e. The highest BCUT2D eigenvalue weighted by atomic mass is 79.9. The van der Waals surface area contributed by atoms with Crippen LogP contribution in [0.2, 0.25) is 5.02 Å². The molecule has 1 aliphatic heterocycles. The third-order valence-electron chi connectivity index (χ3n) is 4.59. The van der Waals surface area contributed by atoms with Gasteiger partial charge in [-0.05, 0) is 46.5 Å². The number of anilines is 1. The molecule has 1 saturated carbocycles. The van der Waals surface area contributed by atoms with Crippen molar-refractivity contribution in [3.8, 4) is 0 Å². The van der Waals surface area contributed by atoms with Crippen LogP contribution >= 0.6 is 27.5 Å². The Labute approximate surface area is 139 Å². The van der Waals surface area contributed by atoms with Crippen molar-refractivity contribution in [3.63, 3.8) is 0 Å². The van der Waals surface area contributed by atoms with E-state index in [0.29, 0.717) is 12.0 Å². The topological polar surface area (TPSA) is 41.6 Å². The van der Waals surface area contributed by atoms with E-state index in [4.69, 9.17) is 17.3 Å². The molecule has 2 aliphatic rings. The molecular formula is C16H21BrClN3. The number of hydrogen-bond donors (Lipinski definition) is 1. The molecule has 2 N–H and O–H groups in total. The molecule has 3 nitrogen and oxygen atoms in total. The SMILES string of the molecule is NC1=NCC(CC2CCCCC2)N1c1ccc(Cl)c(Br)c1. The van der Waals surface area contributed by atoms with Crippen LogP contribution in [0.25, 0.3) is 0 Å². The van der Waals surface area contributed by atoms with Gasteiger partial charge in [-0.3, -0.25) is 4.99 Å². The molecule has 1 atom stereocenters. The van der Waals surface area contributed by atoms with Gasteiger partial charge in [0.25, 0.3) is 0 Å². The molecule has 1 fully saturated rings. The predicted octanol–water partition coefficient (Wildman–Crippen LogP) is 4.58. The molecule has 1 aromatic carbocycles. The van der Waals surface area contributed by atoms with Crippen molar-refractivity contribution in [1.82, 2.24) is 0 Å². The van der Waals surface area contributed by atoms with Gasteiger partial charge in [0.2, 0.25) is 0 Å². The number of benzene rings is 1. The number of halogens is 2. The fourth-order valence-electron chi connectivity index (χ4n) is 3.51. The number of nitrogens with zero attached hydrogens (tertiary/aromatic N) is 2. The summed E-state index contributed by atoms with van der Waals surface area (Å²) in [7, 11) is 0. The minimum atomic E-state index is 0.390. The average molecular weight is 371 g/mol. The Morgan fingerprint density at radius 2 is 2.05 bits per heavy atom. The maximum absolute atomic E-state index is 6.12. The summed E-state index contributed by atoms with van der Waals surface area (Å²) < 4.78 is 0.901. The molecule has 0 amide bonds. The van der Waals surface area contributed by atoms with Crippen LogP contribution < -0.4 is 10.6 Å². The van der Waals surface area contributed by atoms with E-state index in [0.717, 1.165) is 27.6 Å². The second-order valence-electron chi connectivity index (χ2n) is 6.06. The second-order valence-corrected chi connectivity index (χ2v) is 7.32. The Hall–Kier alpha value is -0.740. The van der Waals surface area contributed by atoms with Crippen LogP contribution in [0.15, 0.2) is 27.7 Å². The average Bonchev–Trinajstić information content (AvgIpc) is 2.84. The maximum Gasteiger partial charge on any atom is 0.196 e. The zero-order valence-corrected chi connectivity index (χ0v) is 14.4. The van der Waals surface area contributed by atoms with Crippen LogP contribution in [0.5, 0.6) is 0 Å². The van der Waals surface area contributed by atoms with Crippen molar-refractivity contribution in [3.05, 3.63) is 27.7 Å².